The molecule has 0 bridgehead atoms. The highest BCUT2D eigenvalue weighted by molar-refractivity contribution is 9.10. The molecule has 0 radical (unpaired) electrons. The topological polar surface area (TPSA) is 29.3 Å². The van der Waals surface area contributed by atoms with E-state index in [1.54, 1.807) is 0 Å². The van der Waals surface area contributed by atoms with E-state index in [-0.39, 0.29) is 12.4 Å². The van der Waals surface area contributed by atoms with Gasteiger partial charge < -0.3 is 5.73 Å². The summed E-state index contributed by atoms with van der Waals surface area (Å²) in [5.74, 6) is 1.58. The monoisotopic (exact) mass is 344 g/mol. The SMILES string of the molecule is CC(c1cccc(Br)c1)N1CC2CCC(N)C2C1.Cl. The second-order valence-electron chi connectivity index (χ2n) is 5.85. The molecule has 1 heterocycles. The molecule has 1 saturated carbocycles. The second kappa shape index (κ2) is 6.13. The van der Waals surface area contributed by atoms with Crippen LogP contribution in [0.3, 0.4) is 0 Å². The van der Waals surface area contributed by atoms with Crippen molar-refractivity contribution in [3.63, 3.8) is 0 Å². The fraction of sp³-hybridized carbons (Fsp3) is 0.600. The molecule has 0 aromatic heterocycles. The highest BCUT2D eigenvalue weighted by atomic mass is 79.9. The van der Waals surface area contributed by atoms with Crippen LogP contribution in [0, 0.1) is 11.8 Å². The minimum absolute atomic E-state index is 0. The predicted octanol–water partition coefficient (Wildman–Crippen LogP) is 3.60. The van der Waals surface area contributed by atoms with Crippen LogP contribution in [0.1, 0.15) is 31.4 Å². The number of likely N-dealkylation sites (tertiary alicyclic amines) is 1. The molecule has 2 N–H and O–H groups in total. The van der Waals surface area contributed by atoms with E-state index in [4.69, 9.17) is 5.73 Å². The molecule has 1 saturated heterocycles. The molecule has 2 nitrogen and oxygen atoms in total. The number of hydrogen-bond donors (Lipinski definition) is 1. The summed E-state index contributed by atoms with van der Waals surface area (Å²) in [6, 6.07) is 9.61. The first-order chi connectivity index (χ1) is 8.65. The van der Waals surface area contributed by atoms with E-state index in [9.17, 15) is 0 Å². The molecule has 2 fully saturated rings. The molecular formula is C15H22BrClN2. The lowest BCUT2D eigenvalue weighted by molar-refractivity contribution is 0.239. The molecule has 4 heteroatoms. The van der Waals surface area contributed by atoms with Gasteiger partial charge in [-0.2, -0.15) is 0 Å². The summed E-state index contributed by atoms with van der Waals surface area (Å²) in [5.41, 5.74) is 7.61. The third-order valence-electron chi connectivity index (χ3n) is 4.82. The van der Waals surface area contributed by atoms with E-state index >= 15 is 0 Å². The highest BCUT2D eigenvalue weighted by Crippen LogP contribution is 2.40. The van der Waals surface area contributed by atoms with Crippen molar-refractivity contribution in [2.24, 2.45) is 17.6 Å². The Morgan fingerprint density at radius 3 is 2.79 bits per heavy atom. The van der Waals surface area contributed by atoms with Crippen molar-refractivity contribution in [2.45, 2.75) is 31.8 Å². The van der Waals surface area contributed by atoms with Gasteiger partial charge in [-0.05, 0) is 49.3 Å². The van der Waals surface area contributed by atoms with Gasteiger partial charge in [-0.3, -0.25) is 4.90 Å². The largest absolute Gasteiger partial charge is 0.327 e. The summed E-state index contributed by atoms with van der Waals surface area (Å²) in [6.45, 7) is 4.72. The van der Waals surface area contributed by atoms with Gasteiger partial charge in [0.15, 0.2) is 0 Å². The lowest BCUT2D eigenvalue weighted by atomic mass is 9.98. The predicted molar refractivity (Wildman–Crippen MR) is 85.6 cm³/mol. The molecule has 1 aromatic carbocycles. The van der Waals surface area contributed by atoms with Gasteiger partial charge in [0.05, 0.1) is 0 Å². The van der Waals surface area contributed by atoms with Crippen LogP contribution < -0.4 is 5.73 Å². The molecule has 106 valence electrons. The van der Waals surface area contributed by atoms with Crippen LogP contribution in [0.5, 0.6) is 0 Å². The Morgan fingerprint density at radius 1 is 1.32 bits per heavy atom. The molecule has 0 amide bonds. The molecule has 1 aromatic rings. The van der Waals surface area contributed by atoms with Gasteiger partial charge in [-0.1, -0.05) is 28.1 Å². The van der Waals surface area contributed by atoms with Gasteiger partial charge in [0, 0.05) is 29.6 Å². The number of nitrogens with two attached hydrogens (primary N) is 1. The standard InChI is InChI=1S/C15H21BrN2.ClH/c1-10(11-3-2-4-13(16)7-11)18-8-12-5-6-15(17)14(12)9-18;/h2-4,7,10,12,14-15H,5-6,8-9,17H2,1H3;1H. The van der Waals surface area contributed by atoms with Gasteiger partial charge in [0.1, 0.15) is 0 Å². The van der Waals surface area contributed by atoms with Crippen LogP contribution >= 0.6 is 28.3 Å². The Balaban J connectivity index is 0.00000133. The fourth-order valence-electron chi connectivity index (χ4n) is 3.64. The number of fused-ring (bicyclic) bond motifs is 1. The number of nitrogens with zero attached hydrogens (tertiary/aromatic N) is 1. The third kappa shape index (κ3) is 2.99. The zero-order valence-electron chi connectivity index (χ0n) is 11.3. The molecule has 4 unspecified atom stereocenters. The van der Waals surface area contributed by atoms with Crippen LogP contribution in [0.25, 0.3) is 0 Å². The van der Waals surface area contributed by atoms with Gasteiger partial charge in [0.25, 0.3) is 0 Å². The quantitative estimate of drug-likeness (QED) is 0.887. The minimum Gasteiger partial charge on any atom is -0.327 e. The second-order valence-corrected chi connectivity index (χ2v) is 6.77. The first kappa shape index (κ1) is 15.3. The van der Waals surface area contributed by atoms with Crippen LogP contribution in [0.15, 0.2) is 28.7 Å². The maximum Gasteiger partial charge on any atom is 0.0320 e. The first-order valence-corrected chi connectivity index (χ1v) is 7.69. The number of benzene rings is 1. The van der Waals surface area contributed by atoms with Crippen LogP contribution in [0.4, 0.5) is 0 Å². The summed E-state index contributed by atoms with van der Waals surface area (Å²) in [7, 11) is 0. The molecule has 19 heavy (non-hydrogen) atoms. The Morgan fingerprint density at radius 2 is 2.11 bits per heavy atom. The van der Waals surface area contributed by atoms with Crippen molar-refractivity contribution >= 4 is 28.3 Å². The Labute approximate surface area is 130 Å². The van der Waals surface area contributed by atoms with Gasteiger partial charge in [-0.25, -0.2) is 0 Å². The van der Waals surface area contributed by atoms with E-state index < -0.39 is 0 Å². The van der Waals surface area contributed by atoms with Crippen molar-refractivity contribution in [1.82, 2.24) is 4.90 Å². The Bertz CT molecular complexity index is 440. The zero-order valence-corrected chi connectivity index (χ0v) is 13.7. The van der Waals surface area contributed by atoms with Crippen LogP contribution in [-0.4, -0.2) is 24.0 Å². The van der Waals surface area contributed by atoms with Crippen molar-refractivity contribution < 1.29 is 0 Å². The average Bonchev–Trinajstić information content (AvgIpc) is 2.91. The summed E-state index contributed by atoms with van der Waals surface area (Å²) < 4.78 is 1.17. The zero-order chi connectivity index (χ0) is 12.7. The number of rotatable bonds is 2. The van der Waals surface area contributed by atoms with Gasteiger partial charge >= 0.3 is 0 Å². The summed E-state index contributed by atoms with van der Waals surface area (Å²) >= 11 is 3.56. The highest BCUT2D eigenvalue weighted by Gasteiger charge is 2.42. The third-order valence-corrected chi connectivity index (χ3v) is 5.31. The van der Waals surface area contributed by atoms with E-state index in [0.29, 0.717) is 12.1 Å². The Hall–Kier alpha value is -0.0900. The van der Waals surface area contributed by atoms with E-state index in [1.807, 2.05) is 0 Å². The lowest BCUT2D eigenvalue weighted by Crippen LogP contribution is -2.31. The lowest BCUT2D eigenvalue weighted by Gasteiger charge is -2.26. The fourth-order valence-corrected chi connectivity index (χ4v) is 4.05. The van der Waals surface area contributed by atoms with Crippen molar-refractivity contribution in [1.29, 1.82) is 0 Å². The molecule has 1 aliphatic carbocycles. The average molecular weight is 346 g/mol. The van der Waals surface area contributed by atoms with Crippen LogP contribution in [-0.2, 0) is 0 Å². The number of hydrogen-bond acceptors (Lipinski definition) is 2. The van der Waals surface area contributed by atoms with Gasteiger partial charge in [-0.15, -0.1) is 12.4 Å². The van der Waals surface area contributed by atoms with Gasteiger partial charge in [0.2, 0.25) is 0 Å². The van der Waals surface area contributed by atoms with E-state index in [0.717, 1.165) is 11.8 Å². The molecule has 0 spiro atoms. The van der Waals surface area contributed by atoms with Crippen molar-refractivity contribution in [3.05, 3.63) is 34.3 Å². The number of halogens is 2. The molecule has 1 aliphatic heterocycles. The maximum absolute atomic E-state index is 6.21. The molecule has 2 aliphatic rings. The smallest absolute Gasteiger partial charge is 0.0320 e. The van der Waals surface area contributed by atoms with Crippen molar-refractivity contribution in [3.8, 4) is 0 Å². The first-order valence-electron chi connectivity index (χ1n) is 6.90. The summed E-state index contributed by atoms with van der Waals surface area (Å²) in [5, 5.41) is 0. The summed E-state index contributed by atoms with van der Waals surface area (Å²) in [6.07, 6.45) is 2.56. The van der Waals surface area contributed by atoms with E-state index in [1.165, 1.54) is 36.0 Å². The molecule has 3 rings (SSSR count). The summed E-state index contributed by atoms with van der Waals surface area (Å²) in [4.78, 5) is 2.61. The minimum atomic E-state index is 0. The molecule has 4 atom stereocenters. The van der Waals surface area contributed by atoms with Crippen molar-refractivity contribution in [2.75, 3.05) is 13.1 Å². The normalized spacial score (nSPS) is 31.8. The van der Waals surface area contributed by atoms with Crippen LogP contribution in [0.2, 0.25) is 0 Å². The molecular weight excluding hydrogens is 324 g/mol. The van der Waals surface area contributed by atoms with E-state index in [2.05, 4.69) is 52.0 Å². The maximum atomic E-state index is 6.21. The Kier molecular flexibility index (Phi) is 4.93.